The summed E-state index contributed by atoms with van der Waals surface area (Å²) < 4.78 is 26.5. The minimum absolute atomic E-state index is 0.206. The van der Waals surface area contributed by atoms with Gasteiger partial charge in [-0.25, -0.2) is 13.4 Å². The monoisotopic (exact) mass is 385 g/mol. The molecule has 5 nitrogen and oxygen atoms in total. The van der Waals surface area contributed by atoms with Crippen LogP contribution in [0.4, 0.5) is 5.95 Å². The fourth-order valence-electron chi connectivity index (χ4n) is 2.20. The molecule has 2 N–H and O–H groups in total. The van der Waals surface area contributed by atoms with Gasteiger partial charge in [0.1, 0.15) is 5.52 Å². The summed E-state index contributed by atoms with van der Waals surface area (Å²) in [5, 5.41) is 1.99. The van der Waals surface area contributed by atoms with Crippen LogP contribution in [-0.2, 0) is 16.4 Å². The Labute approximate surface area is 134 Å². The van der Waals surface area contributed by atoms with Crippen molar-refractivity contribution < 1.29 is 8.42 Å². The first-order valence-electron chi connectivity index (χ1n) is 6.04. The second-order valence-electron chi connectivity index (χ2n) is 4.68. The van der Waals surface area contributed by atoms with Crippen molar-refractivity contribution in [2.24, 2.45) is 0 Å². The van der Waals surface area contributed by atoms with Crippen molar-refractivity contribution in [1.82, 2.24) is 9.55 Å². The molecule has 0 atom stereocenters. The summed E-state index contributed by atoms with van der Waals surface area (Å²) in [4.78, 5) is 5.55. The third kappa shape index (κ3) is 2.70. The summed E-state index contributed by atoms with van der Waals surface area (Å²) >= 11 is 5.02. The Morgan fingerprint density at radius 1 is 1.43 bits per heavy atom. The molecule has 0 fully saturated rings. The van der Waals surface area contributed by atoms with Gasteiger partial charge in [-0.15, -0.1) is 11.3 Å². The summed E-state index contributed by atoms with van der Waals surface area (Å²) in [6.07, 6.45) is 1.17. The molecule has 21 heavy (non-hydrogen) atoms. The van der Waals surface area contributed by atoms with E-state index in [1.807, 2.05) is 22.1 Å². The van der Waals surface area contributed by atoms with E-state index in [-0.39, 0.29) is 4.90 Å². The second kappa shape index (κ2) is 5.11. The van der Waals surface area contributed by atoms with E-state index in [1.54, 1.807) is 23.5 Å². The van der Waals surface area contributed by atoms with Crippen LogP contribution in [0.15, 0.2) is 39.0 Å². The molecule has 0 spiro atoms. The van der Waals surface area contributed by atoms with Gasteiger partial charge in [0.2, 0.25) is 5.95 Å². The van der Waals surface area contributed by atoms with E-state index < -0.39 is 9.84 Å². The standard InChI is InChI=1S/C13H12BrN3O2S2/c1-21(18,19)11-4-2-3-10-12(11)16-13(15)17(10)6-9-5-8(14)7-20-9/h2-5,7H,6H2,1H3,(H2,15,16). The lowest BCUT2D eigenvalue weighted by molar-refractivity contribution is 0.602. The zero-order chi connectivity index (χ0) is 15.2. The normalized spacial score (nSPS) is 12.1. The third-order valence-electron chi connectivity index (χ3n) is 3.11. The van der Waals surface area contributed by atoms with Crippen LogP contribution in [0.3, 0.4) is 0 Å². The number of halogens is 1. The van der Waals surface area contributed by atoms with Gasteiger partial charge >= 0.3 is 0 Å². The number of hydrogen-bond donors (Lipinski definition) is 1. The molecule has 0 aliphatic rings. The Bertz CT molecular complexity index is 928. The lowest BCUT2D eigenvalue weighted by Gasteiger charge is -2.05. The number of sulfone groups is 1. The van der Waals surface area contributed by atoms with Gasteiger partial charge in [-0.1, -0.05) is 6.07 Å². The summed E-state index contributed by atoms with van der Waals surface area (Å²) in [5.74, 6) is 0.311. The van der Waals surface area contributed by atoms with Crippen LogP contribution >= 0.6 is 27.3 Å². The van der Waals surface area contributed by atoms with Crippen molar-refractivity contribution >= 4 is 54.1 Å². The molecule has 0 unspecified atom stereocenters. The Hall–Kier alpha value is -1.38. The Morgan fingerprint density at radius 2 is 2.19 bits per heavy atom. The number of imidazole rings is 1. The van der Waals surface area contributed by atoms with Gasteiger partial charge < -0.3 is 10.3 Å². The minimum Gasteiger partial charge on any atom is -0.369 e. The number of aromatic nitrogens is 2. The van der Waals surface area contributed by atoms with Crippen LogP contribution in [0.25, 0.3) is 11.0 Å². The van der Waals surface area contributed by atoms with E-state index in [9.17, 15) is 8.42 Å². The van der Waals surface area contributed by atoms with Gasteiger partial charge in [0.25, 0.3) is 0 Å². The molecule has 3 rings (SSSR count). The van der Waals surface area contributed by atoms with Crippen LogP contribution < -0.4 is 5.73 Å². The first-order valence-corrected chi connectivity index (χ1v) is 9.60. The highest BCUT2D eigenvalue weighted by Crippen LogP contribution is 2.27. The molecular formula is C13H12BrN3O2S2. The fraction of sp³-hybridized carbons (Fsp3) is 0.154. The molecular weight excluding hydrogens is 374 g/mol. The van der Waals surface area contributed by atoms with Gasteiger partial charge in [-0.2, -0.15) is 0 Å². The number of rotatable bonds is 3. The summed E-state index contributed by atoms with van der Waals surface area (Å²) in [6.45, 7) is 0.561. The molecule has 3 aromatic rings. The first-order chi connectivity index (χ1) is 9.86. The topological polar surface area (TPSA) is 78.0 Å². The number of fused-ring (bicyclic) bond motifs is 1. The first kappa shape index (κ1) is 14.6. The minimum atomic E-state index is -3.34. The largest absolute Gasteiger partial charge is 0.369 e. The van der Waals surface area contributed by atoms with Gasteiger partial charge in [0.05, 0.1) is 17.0 Å². The number of para-hydroxylation sites is 1. The molecule has 0 saturated heterocycles. The van der Waals surface area contributed by atoms with Crippen LogP contribution in [-0.4, -0.2) is 24.2 Å². The van der Waals surface area contributed by atoms with E-state index in [2.05, 4.69) is 20.9 Å². The van der Waals surface area contributed by atoms with E-state index in [0.29, 0.717) is 18.0 Å². The average molecular weight is 386 g/mol. The van der Waals surface area contributed by atoms with Gasteiger partial charge in [0, 0.05) is 21.0 Å². The van der Waals surface area contributed by atoms with E-state index in [0.717, 1.165) is 14.9 Å². The molecule has 110 valence electrons. The van der Waals surface area contributed by atoms with E-state index >= 15 is 0 Å². The van der Waals surface area contributed by atoms with Crippen LogP contribution in [0.1, 0.15) is 4.88 Å². The van der Waals surface area contributed by atoms with Gasteiger partial charge in [-0.3, -0.25) is 0 Å². The maximum Gasteiger partial charge on any atom is 0.201 e. The number of thiophene rings is 1. The number of nitrogen functional groups attached to an aromatic ring is 1. The number of benzene rings is 1. The number of hydrogen-bond acceptors (Lipinski definition) is 5. The van der Waals surface area contributed by atoms with Crippen LogP contribution in [0.5, 0.6) is 0 Å². The third-order valence-corrected chi connectivity index (χ3v) is 5.92. The van der Waals surface area contributed by atoms with E-state index in [4.69, 9.17) is 5.73 Å². The van der Waals surface area contributed by atoms with Crippen molar-refractivity contribution in [3.05, 3.63) is 39.0 Å². The number of anilines is 1. The molecule has 0 aliphatic carbocycles. The Morgan fingerprint density at radius 3 is 2.81 bits per heavy atom. The Balaban J connectivity index is 2.18. The molecule has 8 heteroatoms. The smallest absolute Gasteiger partial charge is 0.201 e. The lowest BCUT2D eigenvalue weighted by atomic mass is 10.3. The van der Waals surface area contributed by atoms with Gasteiger partial charge in [0.15, 0.2) is 9.84 Å². The molecule has 0 bridgehead atoms. The molecule has 2 heterocycles. The predicted octanol–water partition coefficient (Wildman–Crippen LogP) is 2.89. The molecule has 0 aliphatic heterocycles. The Kier molecular flexibility index (Phi) is 3.54. The summed E-state index contributed by atoms with van der Waals surface area (Å²) in [5.41, 5.74) is 7.12. The fourth-order valence-corrected chi connectivity index (χ4v) is 4.46. The lowest BCUT2D eigenvalue weighted by Crippen LogP contribution is -2.03. The van der Waals surface area contributed by atoms with Crippen molar-refractivity contribution in [3.8, 4) is 0 Å². The van der Waals surface area contributed by atoms with Gasteiger partial charge in [-0.05, 0) is 34.1 Å². The summed E-state index contributed by atoms with van der Waals surface area (Å²) in [7, 11) is -3.34. The zero-order valence-electron chi connectivity index (χ0n) is 11.1. The molecule has 0 radical (unpaired) electrons. The summed E-state index contributed by atoms with van der Waals surface area (Å²) in [6, 6.07) is 7.10. The van der Waals surface area contributed by atoms with Crippen molar-refractivity contribution in [1.29, 1.82) is 0 Å². The molecule has 0 saturated carbocycles. The van der Waals surface area contributed by atoms with Crippen molar-refractivity contribution in [2.45, 2.75) is 11.4 Å². The van der Waals surface area contributed by atoms with Crippen LogP contribution in [0, 0.1) is 0 Å². The molecule has 2 aromatic heterocycles. The molecule has 0 amide bonds. The maximum atomic E-state index is 11.8. The molecule has 1 aromatic carbocycles. The predicted molar refractivity (Wildman–Crippen MR) is 88.4 cm³/mol. The highest BCUT2D eigenvalue weighted by Gasteiger charge is 2.17. The van der Waals surface area contributed by atoms with Crippen molar-refractivity contribution in [3.63, 3.8) is 0 Å². The number of nitrogens with two attached hydrogens (primary N) is 1. The quantitative estimate of drug-likeness (QED) is 0.751. The average Bonchev–Trinajstić information content (AvgIpc) is 2.93. The maximum absolute atomic E-state index is 11.8. The van der Waals surface area contributed by atoms with Crippen LogP contribution in [0.2, 0.25) is 0 Å². The SMILES string of the molecule is CS(=O)(=O)c1cccc2c1nc(N)n2Cc1cc(Br)cs1. The van der Waals surface area contributed by atoms with E-state index in [1.165, 1.54) is 6.26 Å². The number of nitrogens with zero attached hydrogens (tertiary/aromatic N) is 2. The highest BCUT2D eigenvalue weighted by molar-refractivity contribution is 9.10. The highest BCUT2D eigenvalue weighted by atomic mass is 79.9. The zero-order valence-corrected chi connectivity index (χ0v) is 14.3. The van der Waals surface area contributed by atoms with Crippen molar-refractivity contribution in [2.75, 3.05) is 12.0 Å². The second-order valence-corrected chi connectivity index (χ2v) is 8.58.